The molecule has 1 aliphatic rings. The first-order valence-corrected chi connectivity index (χ1v) is 11.7. The molecule has 10 nitrogen and oxygen atoms in total. The van der Waals surface area contributed by atoms with Gasteiger partial charge in [0.05, 0.1) is 10.5 Å². The fourth-order valence-electron chi connectivity index (χ4n) is 3.98. The van der Waals surface area contributed by atoms with Crippen LogP contribution in [0.3, 0.4) is 0 Å². The van der Waals surface area contributed by atoms with Gasteiger partial charge >= 0.3 is 12.0 Å². The molecule has 0 saturated heterocycles. The first kappa shape index (κ1) is 27.4. The predicted octanol–water partition coefficient (Wildman–Crippen LogP) is 4.23. The Morgan fingerprint density at radius 3 is 2.50 bits per heavy atom. The van der Waals surface area contributed by atoms with Crippen LogP contribution in [0.15, 0.2) is 30.5 Å². The third-order valence-corrected chi connectivity index (χ3v) is 5.83. The maximum absolute atomic E-state index is 12.6. The first-order valence-electron chi connectivity index (χ1n) is 11.7. The summed E-state index contributed by atoms with van der Waals surface area (Å²) in [5, 5.41) is 30.5. The van der Waals surface area contributed by atoms with Crippen molar-refractivity contribution < 1.29 is 27.9 Å². The predicted molar refractivity (Wildman–Crippen MR) is 128 cm³/mol. The molecule has 0 bridgehead atoms. The summed E-state index contributed by atoms with van der Waals surface area (Å²) in [5.41, 5.74) is -0.841. The van der Waals surface area contributed by atoms with Gasteiger partial charge in [0.2, 0.25) is 11.8 Å². The third-order valence-electron chi connectivity index (χ3n) is 5.83. The average molecular weight is 513 g/mol. The molecule has 1 aromatic heterocycles. The van der Waals surface area contributed by atoms with E-state index in [1.807, 2.05) is 0 Å². The molecule has 4 N–H and O–H groups in total. The minimum atomic E-state index is -4.83. The van der Waals surface area contributed by atoms with Crippen molar-refractivity contribution in [3.8, 4) is 5.75 Å². The number of hydrogen-bond acceptors (Lipinski definition) is 9. The minimum absolute atomic E-state index is 0.0319. The van der Waals surface area contributed by atoms with Crippen LogP contribution < -0.4 is 20.7 Å². The molecule has 36 heavy (non-hydrogen) atoms. The number of rotatable bonds is 11. The minimum Gasteiger partial charge on any atom is -0.405 e. The molecule has 1 fully saturated rings. The molecule has 0 atom stereocenters. The summed E-state index contributed by atoms with van der Waals surface area (Å²) in [6.45, 7) is 4.42. The molecule has 0 aliphatic heterocycles. The largest absolute Gasteiger partial charge is 0.573 e. The molecule has 2 aromatic rings. The zero-order valence-corrected chi connectivity index (χ0v) is 20.1. The summed E-state index contributed by atoms with van der Waals surface area (Å²) in [7, 11) is 0. The quantitative estimate of drug-likeness (QED) is 0.258. The molecule has 1 heterocycles. The highest BCUT2D eigenvalue weighted by Crippen LogP contribution is 2.29. The lowest BCUT2D eigenvalue weighted by atomic mass is 9.85. The van der Waals surface area contributed by atoms with E-state index in [4.69, 9.17) is 0 Å². The molecular formula is C23H31F3N6O4. The number of hydrogen-bond donors (Lipinski definition) is 4. The van der Waals surface area contributed by atoms with Crippen molar-refractivity contribution in [1.29, 1.82) is 0 Å². The Balaban J connectivity index is 1.59. The SMILES string of the molecule is CC(C)(O)CNC1CCC(CNc2nc(NCc3ccccc3OC(F)(F)F)ncc2[N+](=O)[O-])CC1. The number of halogens is 3. The van der Waals surface area contributed by atoms with Crippen LogP contribution >= 0.6 is 0 Å². The molecule has 1 saturated carbocycles. The number of benzene rings is 1. The summed E-state index contributed by atoms with van der Waals surface area (Å²) in [6.07, 6.45) is -0.0804. The van der Waals surface area contributed by atoms with E-state index in [2.05, 4.69) is 30.7 Å². The van der Waals surface area contributed by atoms with Crippen molar-refractivity contribution >= 4 is 17.5 Å². The fraction of sp³-hybridized carbons (Fsp3) is 0.565. The van der Waals surface area contributed by atoms with E-state index in [-0.39, 0.29) is 35.3 Å². The lowest BCUT2D eigenvalue weighted by Gasteiger charge is -2.31. The van der Waals surface area contributed by atoms with E-state index in [0.29, 0.717) is 25.0 Å². The Labute approximate surface area is 206 Å². The van der Waals surface area contributed by atoms with E-state index >= 15 is 0 Å². The smallest absolute Gasteiger partial charge is 0.405 e. The number of aromatic nitrogens is 2. The van der Waals surface area contributed by atoms with E-state index in [1.54, 1.807) is 19.9 Å². The van der Waals surface area contributed by atoms with Gasteiger partial charge in [0, 0.05) is 31.2 Å². The highest BCUT2D eigenvalue weighted by atomic mass is 19.4. The van der Waals surface area contributed by atoms with Crippen LogP contribution in [-0.2, 0) is 6.54 Å². The molecule has 0 amide bonds. The summed E-state index contributed by atoms with van der Waals surface area (Å²) in [6, 6.07) is 5.97. The molecule has 0 unspecified atom stereocenters. The molecule has 0 spiro atoms. The van der Waals surface area contributed by atoms with Gasteiger partial charge in [-0.05, 0) is 51.5 Å². The molecule has 13 heteroatoms. The lowest BCUT2D eigenvalue weighted by molar-refractivity contribution is -0.384. The highest BCUT2D eigenvalue weighted by Gasteiger charge is 2.32. The monoisotopic (exact) mass is 512 g/mol. The molecule has 0 radical (unpaired) electrons. The number of nitrogens with zero attached hydrogens (tertiary/aromatic N) is 3. The van der Waals surface area contributed by atoms with E-state index < -0.39 is 16.9 Å². The fourth-order valence-corrected chi connectivity index (χ4v) is 3.98. The Bertz CT molecular complexity index is 1020. The van der Waals surface area contributed by atoms with Gasteiger partial charge in [0.1, 0.15) is 11.9 Å². The number of alkyl halides is 3. The number of aliphatic hydroxyl groups is 1. The Hall–Kier alpha value is -3.19. The standard InChI is InChI=1S/C23H31F3N6O4/c1-22(2,33)14-30-17-9-7-15(8-10-17)11-27-20-18(32(34)35)13-29-21(31-20)28-12-16-5-3-4-6-19(16)36-23(24,25)26/h3-6,13,15,17,30,33H,7-12,14H2,1-2H3,(H2,27,28,29,31). The Kier molecular flexibility index (Phi) is 8.90. The lowest BCUT2D eigenvalue weighted by Crippen LogP contribution is -2.42. The van der Waals surface area contributed by atoms with Crippen molar-refractivity contribution in [3.63, 3.8) is 0 Å². The maximum atomic E-state index is 12.6. The Morgan fingerprint density at radius 1 is 1.17 bits per heavy atom. The van der Waals surface area contributed by atoms with Crippen molar-refractivity contribution in [3.05, 3.63) is 46.1 Å². The zero-order chi connectivity index (χ0) is 26.3. The number of para-hydroxylation sites is 1. The third kappa shape index (κ3) is 8.79. The van der Waals surface area contributed by atoms with Crippen molar-refractivity contribution in [2.45, 2.75) is 64.1 Å². The van der Waals surface area contributed by atoms with Crippen LogP contribution in [-0.4, -0.2) is 51.1 Å². The first-order chi connectivity index (χ1) is 16.9. The van der Waals surface area contributed by atoms with E-state index in [0.717, 1.165) is 31.9 Å². The second kappa shape index (κ2) is 11.7. The van der Waals surface area contributed by atoms with Crippen LogP contribution in [0, 0.1) is 16.0 Å². The molecule has 1 aromatic carbocycles. The highest BCUT2D eigenvalue weighted by molar-refractivity contribution is 5.57. The average Bonchev–Trinajstić information content (AvgIpc) is 2.80. The summed E-state index contributed by atoms with van der Waals surface area (Å²) >= 11 is 0. The van der Waals surface area contributed by atoms with E-state index in [1.165, 1.54) is 18.2 Å². The maximum Gasteiger partial charge on any atom is 0.573 e. The summed E-state index contributed by atoms with van der Waals surface area (Å²) in [5.74, 6) is 0.0111. The normalized spacial score (nSPS) is 18.5. The second-order valence-electron chi connectivity index (χ2n) is 9.49. The topological polar surface area (TPSA) is 134 Å². The van der Waals surface area contributed by atoms with Gasteiger partial charge in [-0.25, -0.2) is 4.98 Å². The summed E-state index contributed by atoms with van der Waals surface area (Å²) < 4.78 is 42.0. The number of anilines is 2. The van der Waals surface area contributed by atoms with Gasteiger partial charge in [0.15, 0.2) is 0 Å². The second-order valence-corrected chi connectivity index (χ2v) is 9.49. The van der Waals surface area contributed by atoms with Crippen molar-refractivity contribution in [2.75, 3.05) is 23.7 Å². The van der Waals surface area contributed by atoms with Gasteiger partial charge in [-0.2, -0.15) is 4.98 Å². The van der Waals surface area contributed by atoms with Crippen LogP contribution in [0.1, 0.15) is 45.1 Å². The molecule has 198 valence electrons. The molecule has 3 rings (SSSR count). The van der Waals surface area contributed by atoms with Crippen LogP contribution in [0.4, 0.5) is 30.6 Å². The van der Waals surface area contributed by atoms with Crippen LogP contribution in [0.5, 0.6) is 5.75 Å². The van der Waals surface area contributed by atoms with Crippen LogP contribution in [0.2, 0.25) is 0 Å². The van der Waals surface area contributed by atoms with Gasteiger partial charge < -0.3 is 25.8 Å². The van der Waals surface area contributed by atoms with Gasteiger partial charge in [-0.15, -0.1) is 13.2 Å². The van der Waals surface area contributed by atoms with Gasteiger partial charge in [-0.1, -0.05) is 18.2 Å². The number of nitro groups is 1. The van der Waals surface area contributed by atoms with E-state index in [9.17, 15) is 28.4 Å². The molecule has 1 aliphatic carbocycles. The number of nitrogens with one attached hydrogen (secondary N) is 3. The van der Waals surface area contributed by atoms with Crippen LogP contribution in [0.25, 0.3) is 0 Å². The summed E-state index contributed by atoms with van der Waals surface area (Å²) in [4.78, 5) is 19.0. The van der Waals surface area contributed by atoms with Crippen molar-refractivity contribution in [2.24, 2.45) is 5.92 Å². The van der Waals surface area contributed by atoms with Crippen molar-refractivity contribution in [1.82, 2.24) is 15.3 Å². The van der Waals surface area contributed by atoms with Gasteiger partial charge in [-0.3, -0.25) is 10.1 Å². The number of ether oxygens (including phenoxy) is 1. The molecular weight excluding hydrogens is 481 g/mol. The van der Waals surface area contributed by atoms with Gasteiger partial charge in [0.25, 0.3) is 0 Å². The Morgan fingerprint density at radius 2 is 1.86 bits per heavy atom. The zero-order valence-electron chi connectivity index (χ0n) is 20.1.